The first-order chi connectivity index (χ1) is 24.8. The third kappa shape index (κ3) is 9.23. The molecule has 0 fully saturated rings. The molecule has 2 unspecified atom stereocenters. The molecule has 2 atom stereocenters. The Balaban J connectivity index is 1.17. The van der Waals surface area contributed by atoms with E-state index < -0.39 is 5.60 Å². The molecule has 6 bridgehead atoms. The Morgan fingerprint density at radius 1 is 1.08 bits per heavy atom. The average Bonchev–Trinajstić information content (AvgIpc) is 3.14. The van der Waals surface area contributed by atoms with Gasteiger partial charge in [0.25, 0.3) is 0 Å². The van der Waals surface area contributed by atoms with Gasteiger partial charge in [-0.1, -0.05) is 54.8 Å². The number of methoxy groups -OCH3 is 1. The van der Waals surface area contributed by atoms with Gasteiger partial charge in [0.15, 0.2) is 17.5 Å². The van der Waals surface area contributed by atoms with Crippen LogP contribution in [-0.2, 0) is 35.4 Å². The highest BCUT2D eigenvalue weighted by atomic mass is 16.5. The number of benzene rings is 4. The number of nitrogens with two attached hydrogens (primary N) is 1. The lowest BCUT2D eigenvalue weighted by Gasteiger charge is -2.33. The van der Waals surface area contributed by atoms with Gasteiger partial charge in [0.2, 0.25) is 0 Å². The number of unbranched alkanes of at least 4 members (excludes halogenated alkanes) is 1. The summed E-state index contributed by atoms with van der Waals surface area (Å²) < 4.78 is 18.1. The van der Waals surface area contributed by atoms with Crippen molar-refractivity contribution in [3.8, 4) is 29.3 Å². The van der Waals surface area contributed by atoms with Gasteiger partial charge in [0, 0.05) is 31.1 Å². The second-order valence-electron chi connectivity index (χ2n) is 13.6. The number of fused-ring (bicyclic) bond motifs is 7. The van der Waals surface area contributed by atoms with Crippen LogP contribution in [0.2, 0.25) is 0 Å². The number of ketones is 1. The first-order valence-electron chi connectivity index (χ1n) is 17.8. The van der Waals surface area contributed by atoms with E-state index >= 15 is 0 Å². The van der Waals surface area contributed by atoms with E-state index in [1.807, 2.05) is 48.5 Å². The first-order valence-corrected chi connectivity index (χ1v) is 17.8. The van der Waals surface area contributed by atoms with Gasteiger partial charge in [-0.3, -0.25) is 9.79 Å². The van der Waals surface area contributed by atoms with E-state index in [1.54, 1.807) is 20.2 Å². The largest absolute Gasteiger partial charge is 0.508 e. The van der Waals surface area contributed by atoms with Crippen LogP contribution in [0.1, 0.15) is 67.2 Å². The molecule has 8 nitrogen and oxygen atoms in total. The van der Waals surface area contributed by atoms with E-state index in [1.165, 1.54) is 5.56 Å². The number of anilines is 1. The standard InChI is InChI=1S/C43H47N3O5/c1-45-42(44)46-35-10-5-9-31(26-35)8-4-3-7-30-20-22-43(23-21-30)28-36(47)16-12-32-14-19-40(49-2)41(27-32)50-29-33-13-17-37-34(25-33)15-18-39(48)38(37)11-6-24-51-43/h5,9-10,13-15,17-20,22,25-27,30,48H,3-4,7-8,11-12,16,21,23,28-29H2,1-2H3,(H3,44,45,46). The summed E-state index contributed by atoms with van der Waals surface area (Å²) in [5, 5.41) is 15.8. The summed E-state index contributed by atoms with van der Waals surface area (Å²) in [6.07, 6.45) is 14.7. The van der Waals surface area contributed by atoms with Crippen LogP contribution < -0.4 is 20.5 Å². The van der Waals surface area contributed by atoms with Crippen molar-refractivity contribution < 1.29 is 24.1 Å². The van der Waals surface area contributed by atoms with E-state index in [9.17, 15) is 9.90 Å². The number of aryl methyl sites for hydroxylation is 2. The first kappa shape index (κ1) is 35.4. The lowest BCUT2D eigenvalue weighted by molar-refractivity contribution is -0.122. The van der Waals surface area contributed by atoms with Crippen LogP contribution in [0.25, 0.3) is 10.8 Å². The summed E-state index contributed by atoms with van der Waals surface area (Å²) in [7, 11) is 3.29. The normalized spacial score (nSPS) is 19.4. The van der Waals surface area contributed by atoms with Crippen LogP contribution in [0.15, 0.2) is 89.9 Å². The zero-order valence-corrected chi connectivity index (χ0v) is 29.5. The van der Waals surface area contributed by atoms with Crippen LogP contribution in [0, 0.1) is 17.9 Å². The summed E-state index contributed by atoms with van der Waals surface area (Å²) in [5.41, 5.74) is 9.99. The molecule has 3 aliphatic rings. The van der Waals surface area contributed by atoms with Crippen LogP contribution in [0.4, 0.5) is 5.69 Å². The Morgan fingerprint density at radius 2 is 1.96 bits per heavy atom. The van der Waals surface area contributed by atoms with Crippen LogP contribution in [0.5, 0.6) is 17.2 Å². The molecule has 1 spiro atoms. The fourth-order valence-electron chi connectivity index (χ4n) is 7.00. The van der Waals surface area contributed by atoms with Crippen molar-refractivity contribution in [1.82, 2.24) is 0 Å². The number of nitrogens with zero attached hydrogens (tertiary/aromatic N) is 1. The Hall–Kier alpha value is -5.42. The van der Waals surface area contributed by atoms with E-state index in [0.717, 1.165) is 65.3 Å². The van der Waals surface area contributed by atoms with Gasteiger partial charge in [0.05, 0.1) is 13.5 Å². The van der Waals surface area contributed by atoms with Gasteiger partial charge >= 0.3 is 0 Å². The monoisotopic (exact) mass is 685 g/mol. The molecule has 4 N–H and O–H groups in total. The fraction of sp³-hybridized carbons (Fsp3) is 0.349. The highest BCUT2D eigenvalue weighted by molar-refractivity contribution is 5.92. The molecule has 264 valence electrons. The molecule has 51 heavy (non-hydrogen) atoms. The summed E-state index contributed by atoms with van der Waals surface area (Å²) >= 11 is 0. The van der Waals surface area contributed by atoms with Gasteiger partial charge in [0.1, 0.15) is 29.8 Å². The predicted molar refractivity (Wildman–Crippen MR) is 203 cm³/mol. The van der Waals surface area contributed by atoms with Gasteiger partial charge in [-0.05, 0) is 114 Å². The number of ether oxygens (including phenoxy) is 3. The Labute approximate surface area is 300 Å². The number of hydrogen-bond donors (Lipinski definition) is 3. The number of allylic oxidation sites excluding steroid dienone is 1. The van der Waals surface area contributed by atoms with Gasteiger partial charge in [-0.15, -0.1) is 0 Å². The topological polar surface area (TPSA) is 115 Å². The highest BCUT2D eigenvalue weighted by Gasteiger charge is 2.35. The summed E-state index contributed by atoms with van der Waals surface area (Å²) in [4.78, 5) is 17.5. The van der Waals surface area contributed by atoms with Crippen molar-refractivity contribution in [3.63, 3.8) is 0 Å². The van der Waals surface area contributed by atoms with E-state index in [0.29, 0.717) is 55.7 Å². The number of hydrogen-bond acceptors (Lipinski definition) is 6. The highest BCUT2D eigenvalue weighted by Crippen LogP contribution is 2.36. The maximum atomic E-state index is 13.5. The summed E-state index contributed by atoms with van der Waals surface area (Å²) in [6, 6.07) is 23.8. The average molecular weight is 686 g/mol. The van der Waals surface area contributed by atoms with Gasteiger partial charge < -0.3 is 30.4 Å². The second kappa shape index (κ2) is 16.5. The van der Waals surface area contributed by atoms with Crippen LogP contribution in [0.3, 0.4) is 0 Å². The quantitative estimate of drug-likeness (QED) is 0.0593. The number of carbonyl (C=O) groups is 1. The number of carbonyl (C=O) groups excluding carboxylic acids is 1. The fourth-order valence-corrected chi connectivity index (χ4v) is 7.00. The van der Waals surface area contributed by atoms with Crippen LogP contribution in [-0.4, -0.2) is 36.6 Å². The molecule has 4 aromatic rings. The van der Waals surface area contributed by atoms with Crippen molar-refractivity contribution in [1.29, 1.82) is 0 Å². The second-order valence-corrected chi connectivity index (χ2v) is 13.6. The third-order valence-electron chi connectivity index (χ3n) is 9.92. The van der Waals surface area contributed by atoms with Crippen LogP contribution >= 0.6 is 0 Å². The number of phenols is 1. The minimum atomic E-state index is -0.787. The summed E-state index contributed by atoms with van der Waals surface area (Å²) in [5.74, 6) is 5.56. The van der Waals surface area contributed by atoms with Gasteiger partial charge in [-0.25, -0.2) is 0 Å². The third-order valence-corrected chi connectivity index (χ3v) is 9.92. The smallest absolute Gasteiger partial charge is 0.192 e. The van der Waals surface area contributed by atoms with Crippen molar-refractivity contribution >= 4 is 28.2 Å². The SMILES string of the molecule is CN=C(N)Nc1cccc(CCCCC2C=CC3(CC2)CC(=O)CCc2ccc(OC)c(c2)OCc2ccc4c(c(O)ccc4c2)CC#CO3)c1. The van der Waals surface area contributed by atoms with Crippen molar-refractivity contribution in [2.45, 2.75) is 76.4 Å². The molecule has 1 aliphatic carbocycles. The molecule has 7 rings (SSSR count). The predicted octanol–water partition coefficient (Wildman–Crippen LogP) is 8.03. The van der Waals surface area contributed by atoms with Crippen molar-refractivity contribution in [3.05, 3.63) is 107 Å². The lowest BCUT2D eigenvalue weighted by atomic mass is 9.79. The molecular formula is C43H47N3O5. The van der Waals surface area contributed by atoms with E-state index in [-0.39, 0.29) is 18.0 Å². The number of nitrogens with one attached hydrogen (secondary N) is 1. The molecule has 0 amide bonds. The molecular weight excluding hydrogens is 638 g/mol. The maximum Gasteiger partial charge on any atom is 0.192 e. The minimum absolute atomic E-state index is 0.125. The molecule has 4 aromatic carbocycles. The number of guanidine groups is 1. The maximum absolute atomic E-state index is 13.5. The number of aliphatic imine (C=N–C) groups is 1. The van der Waals surface area contributed by atoms with E-state index in [2.05, 4.69) is 52.7 Å². The molecule has 2 aliphatic heterocycles. The molecule has 8 heteroatoms. The lowest BCUT2D eigenvalue weighted by Crippen LogP contribution is -2.35. The molecule has 0 aromatic heterocycles. The minimum Gasteiger partial charge on any atom is -0.508 e. The Morgan fingerprint density at radius 3 is 2.78 bits per heavy atom. The molecule has 0 radical (unpaired) electrons. The molecule has 0 saturated heterocycles. The number of phenolic OH excluding ortho intramolecular Hbond substituents is 1. The van der Waals surface area contributed by atoms with Crippen molar-refractivity contribution in [2.75, 3.05) is 19.5 Å². The Bertz CT molecular complexity index is 1990. The Kier molecular flexibility index (Phi) is 11.5. The number of aromatic hydroxyl groups is 1. The number of rotatable bonds is 7. The summed E-state index contributed by atoms with van der Waals surface area (Å²) in [6.45, 7) is 0.352. The zero-order valence-electron chi connectivity index (χ0n) is 29.5. The molecule has 2 heterocycles. The number of Topliss-reactive ketones (excluding diaryl/α,β-unsaturated/α-hetero) is 1. The molecule has 0 saturated carbocycles. The van der Waals surface area contributed by atoms with E-state index in [4.69, 9.17) is 19.9 Å². The van der Waals surface area contributed by atoms with Gasteiger partial charge in [-0.2, -0.15) is 0 Å². The zero-order chi connectivity index (χ0) is 35.6. The van der Waals surface area contributed by atoms with Crippen molar-refractivity contribution in [2.24, 2.45) is 16.6 Å².